The zero-order chi connectivity index (χ0) is 12.0. The molecular formula is C15H26O. The minimum absolute atomic E-state index is 0.383. The molecule has 0 spiro atoms. The van der Waals surface area contributed by atoms with E-state index in [0.717, 1.165) is 12.8 Å². The van der Waals surface area contributed by atoms with Gasteiger partial charge in [0.2, 0.25) is 0 Å². The van der Waals surface area contributed by atoms with Crippen molar-refractivity contribution in [1.29, 1.82) is 0 Å². The summed E-state index contributed by atoms with van der Waals surface area (Å²) in [6.45, 7) is 10.7. The third-order valence-corrected chi connectivity index (χ3v) is 5.30. The van der Waals surface area contributed by atoms with E-state index in [1.807, 2.05) is 0 Å². The molecule has 2 aliphatic rings. The lowest BCUT2D eigenvalue weighted by molar-refractivity contribution is -0.120. The lowest BCUT2D eigenvalue weighted by Gasteiger charge is -2.54. The molecule has 0 saturated heterocycles. The van der Waals surface area contributed by atoms with E-state index in [9.17, 15) is 5.11 Å². The van der Waals surface area contributed by atoms with E-state index < -0.39 is 5.60 Å². The second-order valence-electron chi connectivity index (χ2n) is 6.73. The van der Waals surface area contributed by atoms with Crippen molar-refractivity contribution in [2.24, 2.45) is 17.3 Å². The highest BCUT2D eigenvalue weighted by molar-refractivity contribution is 5.07. The van der Waals surface area contributed by atoms with Gasteiger partial charge in [0.05, 0.1) is 5.60 Å². The molecule has 0 bridgehead atoms. The Bertz CT molecular complexity index is 292. The van der Waals surface area contributed by atoms with Gasteiger partial charge in [-0.1, -0.05) is 25.5 Å². The number of aliphatic hydroxyl groups is 1. The van der Waals surface area contributed by atoms with Gasteiger partial charge in [0, 0.05) is 0 Å². The summed E-state index contributed by atoms with van der Waals surface area (Å²) in [6, 6.07) is 0. The average molecular weight is 222 g/mol. The molecular weight excluding hydrogens is 196 g/mol. The summed E-state index contributed by atoms with van der Waals surface area (Å²) in [5, 5.41) is 10.6. The summed E-state index contributed by atoms with van der Waals surface area (Å²) in [4.78, 5) is 0. The number of hydrogen-bond acceptors (Lipinski definition) is 1. The van der Waals surface area contributed by atoms with Gasteiger partial charge in [-0.3, -0.25) is 0 Å². The number of allylic oxidation sites excluding steroid dienone is 1. The zero-order valence-corrected chi connectivity index (χ0v) is 11.1. The average Bonchev–Trinajstić information content (AvgIpc) is 2.15. The topological polar surface area (TPSA) is 20.2 Å². The smallest absolute Gasteiger partial charge is 0.0653 e. The van der Waals surface area contributed by atoms with E-state index in [2.05, 4.69) is 27.4 Å². The molecule has 2 fully saturated rings. The third kappa shape index (κ3) is 1.95. The molecule has 4 atom stereocenters. The van der Waals surface area contributed by atoms with Crippen LogP contribution in [0, 0.1) is 17.3 Å². The molecule has 0 aromatic carbocycles. The minimum atomic E-state index is -0.443. The van der Waals surface area contributed by atoms with Gasteiger partial charge < -0.3 is 5.11 Å². The van der Waals surface area contributed by atoms with Crippen LogP contribution in [0.3, 0.4) is 0 Å². The second-order valence-corrected chi connectivity index (χ2v) is 6.73. The molecule has 1 N–H and O–H groups in total. The number of rotatable bonds is 1. The molecule has 0 aromatic rings. The van der Waals surface area contributed by atoms with Crippen molar-refractivity contribution in [2.75, 3.05) is 0 Å². The van der Waals surface area contributed by atoms with E-state index in [0.29, 0.717) is 17.3 Å². The quantitative estimate of drug-likeness (QED) is 0.667. The minimum Gasteiger partial charge on any atom is -0.390 e. The largest absolute Gasteiger partial charge is 0.390 e. The van der Waals surface area contributed by atoms with Gasteiger partial charge in [-0.2, -0.15) is 0 Å². The summed E-state index contributed by atoms with van der Waals surface area (Å²) in [5.41, 5.74) is 1.25. The molecule has 2 aliphatic carbocycles. The van der Waals surface area contributed by atoms with Crippen LogP contribution in [0.4, 0.5) is 0 Å². The Morgan fingerprint density at radius 3 is 2.56 bits per heavy atom. The molecule has 0 aromatic heterocycles. The normalized spacial score (nSPS) is 48.5. The molecule has 16 heavy (non-hydrogen) atoms. The molecule has 2 rings (SSSR count). The highest BCUT2D eigenvalue weighted by atomic mass is 16.3. The van der Waals surface area contributed by atoms with Gasteiger partial charge in [-0.15, -0.1) is 0 Å². The van der Waals surface area contributed by atoms with Crippen LogP contribution in [0.2, 0.25) is 0 Å². The fourth-order valence-corrected chi connectivity index (χ4v) is 4.14. The maximum atomic E-state index is 10.6. The monoisotopic (exact) mass is 222 g/mol. The van der Waals surface area contributed by atoms with E-state index >= 15 is 0 Å². The van der Waals surface area contributed by atoms with Gasteiger partial charge in [0.15, 0.2) is 0 Å². The number of hydrogen-bond donors (Lipinski definition) is 1. The Morgan fingerprint density at radius 1 is 1.25 bits per heavy atom. The third-order valence-electron chi connectivity index (χ3n) is 5.30. The molecule has 1 unspecified atom stereocenters. The maximum Gasteiger partial charge on any atom is 0.0653 e. The summed E-state index contributed by atoms with van der Waals surface area (Å²) in [5.74, 6) is 1.12. The summed E-state index contributed by atoms with van der Waals surface area (Å²) in [6.07, 6.45) is 7.17. The fraction of sp³-hybridized carbons (Fsp3) is 0.867. The lowest BCUT2D eigenvalue weighted by atomic mass is 9.53. The van der Waals surface area contributed by atoms with Crippen LogP contribution in [0.5, 0.6) is 0 Å². The first-order valence-corrected chi connectivity index (χ1v) is 6.73. The predicted octanol–water partition coefficient (Wildman–Crippen LogP) is 3.92. The first kappa shape index (κ1) is 12.2. The Hall–Kier alpha value is -0.300. The van der Waals surface area contributed by atoms with Crippen LogP contribution in [0.25, 0.3) is 0 Å². The van der Waals surface area contributed by atoms with Crippen molar-refractivity contribution in [1.82, 2.24) is 0 Å². The SMILES string of the molecule is C=C(C)[C@@H]1CC[C@@]2(C)CCC[C@@](C)(O)C2C1. The van der Waals surface area contributed by atoms with E-state index in [-0.39, 0.29) is 0 Å². The van der Waals surface area contributed by atoms with Crippen LogP contribution < -0.4 is 0 Å². The molecule has 1 nitrogen and oxygen atoms in total. The van der Waals surface area contributed by atoms with Gasteiger partial charge in [0.25, 0.3) is 0 Å². The maximum absolute atomic E-state index is 10.6. The second kappa shape index (κ2) is 3.87. The van der Waals surface area contributed by atoms with E-state index in [1.54, 1.807) is 0 Å². The molecule has 2 saturated carbocycles. The Morgan fingerprint density at radius 2 is 1.94 bits per heavy atom. The van der Waals surface area contributed by atoms with Crippen LogP contribution in [-0.4, -0.2) is 10.7 Å². The van der Waals surface area contributed by atoms with Crippen LogP contribution >= 0.6 is 0 Å². The molecule has 0 radical (unpaired) electrons. The highest BCUT2D eigenvalue weighted by Crippen LogP contribution is 2.56. The van der Waals surface area contributed by atoms with Gasteiger partial charge in [-0.25, -0.2) is 0 Å². The van der Waals surface area contributed by atoms with Gasteiger partial charge in [-0.05, 0) is 63.2 Å². The van der Waals surface area contributed by atoms with Crippen molar-refractivity contribution in [3.63, 3.8) is 0 Å². The Kier molecular flexibility index (Phi) is 2.94. The molecule has 0 heterocycles. The number of fused-ring (bicyclic) bond motifs is 1. The van der Waals surface area contributed by atoms with Gasteiger partial charge in [0.1, 0.15) is 0 Å². The summed E-state index contributed by atoms with van der Waals surface area (Å²) < 4.78 is 0. The van der Waals surface area contributed by atoms with Crippen LogP contribution in [-0.2, 0) is 0 Å². The van der Waals surface area contributed by atoms with E-state index in [1.165, 1.54) is 31.3 Å². The van der Waals surface area contributed by atoms with Crippen LogP contribution in [0.15, 0.2) is 12.2 Å². The lowest BCUT2D eigenvalue weighted by Crippen LogP contribution is -2.51. The predicted molar refractivity (Wildman–Crippen MR) is 68.2 cm³/mol. The van der Waals surface area contributed by atoms with Crippen molar-refractivity contribution in [3.8, 4) is 0 Å². The van der Waals surface area contributed by atoms with Crippen LogP contribution in [0.1, 0.15) is 59.3 Å². The van der Waals surface area contributed by atoms with Crippen molar-refractivity contribution < 1.29 is 5.11 Å². The van der Waals surface area contributed by atoms with Crippen molar-refractivity contribution >= 4 is 0 Å². The first-order valence-electron chi connectivity index (χ1n) is 6.73. The van der Waals surface area contributed by atoms with Gasteiger partial charge >= 0.3 is 0 Å². The zero-order valence-electron chi connectivity index (χ0n) is 11.1. The fourth-order valence-electron chi connectivity index (χ4n) is 4.14. The summed E-state index contributed by atoms with van der Waals surface area (Å²) >= 11 is 0. The first-order chi connectivity index (χ1) is 7.35. The van der Waals surface area contributed by atoms with Crippen molar-refractivity contribution in [3.05, 3.63) is 12.2 Å². The standard InChI is InChI=1S/C15H26O/c1-11(2)12-6-9-14(3)7-5-8-15(4,16)13(14)10-12/h12-13,16H,1,5-10H2,2-4H3/t12-,13?,14-,15-/m1/s1. The molecule has 92 valence electrons. The highest BCUT2D eigenvalue weighted by Gasteiger charge is 2.50. The molecule has 0 amide bonds. The Labute approximate surface area is 99.9 Å². The van der Waals surface area contributed by atoms with E-state index in [4.69, 9.17) is 0 Å². The van der Waals surface area contributed by atoms with Crippen molar-refractivity contribution in [2.45, 2.75) is 64.9 Å². The molecule has 0 aliphatic heterocycles. The molecule has 1 heteroatoms. The summed E-state index contributed by atoms with van der Waals surface area (Å²) in [7, 11) is 0. The Balaban J connectivity index is 2.21.